The van der Waals surface area contributed by atoms with Crippen molar-refractivity contribution < 1.29 is 9.47 Å². The molecular formula is C41H82BrNO2. The summed E-state index contributed by atoms with van der Waals surface area (Å²) in [6.07, 6.45) is 47.6. The monoisotopic (exact) mass is 700 g/mol. The van der Waals surface area contributed by atoms with E-state index in [4.69, 9.17) is 9.47 Å². The van der Waals surface area contributed by atoms with E-state index < -0.39 is 0 Å². The van der Waals surface area contributed by atoms with Crippen molar-refractivity contribution in [1.82, 2.24) is 4.90 Å². The molecule has 0 aliphatic heterocycles. The summed E-state index contributed by atoms with van der Waals surface area (Å²) in [4.78, 5) is 2.22. The largest absolute Gasteiger partial charge is 0.379 e. The van der Waals surface area contributed by atoms with E-state index in [1.165, 1.54) is 180 Å². The predicted molar refractivity (Wildman–Crippen MR) is 208 cm³/mol. The predicted octanol–water partition coefficient (Wildman–Crippen LogP) is 13.6. The van der Waals surface area contributed by atoms with Crippen LogP contribution < -0.4 is 0 Å². The molecule has 0 aromatic heterocycles. The van der Waals surface area contributed by atoms with Crippen molar-refractivity contribution in [3.63, 3.8) is 0 Å². The summed E-state index contributed by atoms with van der Waals surface area (Å²) in [5, 5.41) is 0. The number of hydrogen-bond donors (Lipinski definition) is 0. The molecule has 0 aromatic carbocycles. The maximum atomic E-state index is 6.22. The Morgan fingerprint density at radius 1 is 0.444 bits per heavy atom. The van der Waals surface area contributed by atoms with Crippen molar-refractivity contribution in [2.45, 2.75) is 200 Å². The Bertz CT molecular complexity index is 580. The molecule has 0 saturated heterocycles. The van der Waals surface area contributed by atoms with Crippen LogP contribution in [0, 0.1) is 0 Å². The summed E-state index contributed by atoms with van der Waals surface area (Å²) in [5.74, 6) is 0. The van der Waals surface area contributed by atoms with E-state index in [2.05, 4.69) is 57.1 Å². The Morgan fingerprint density at radius 2 is 0.778 bits per heavy atom. The maximum absolute atomic E-state index is 6.22. The van der Waals surface area contributed by atoms with Crippen LogP contribution >= 0.6 is 17.0 Å². The molecule has 0 fully saturated rings. The summed E-state index contributed by atoms with van der Waals surface area (Å²) in [6.45, 7) is 8.00. The number of ether oxygens (including phenoxy) is 2. The first kappa shape index (κ1) is 47.0. The van der Waals surface area contributed by atoms with E-state index in [1.54, 1.807) is 0 Å². The molecule has 0 spiro atoms. The molecular weight excluding hydrogens is 618 g/mol. The molecule has 0 radical (unpaired) electrons. The molecule has 0 aromatic rings. The number of allylic oxidation sites excluding steroid dienone is 4. The van der Waals surface area contributed by atoms with Crippen molar-refractivity contribution in [3.8, 4) is 0 Å². The molecule has 4 heteroatoms. The van der Waals surface area contributed by atoms with E-state index in [-0.39, 0.29) is 23.1 Å². The van der Waals surface area contributed by atoms with Gasteiger partial charge in [0.1, 0.15) is 0 Å². The highest BCUT2D eigenvalue weighted by molar-refractivity contribution is 8.93. The molecule has 0 aliphatic carbocycles. The Kier molecular flexibility index (Phi) is 43.7. The second-order valence-electron chi connectivity index (χ2n) is 13.7. The van der Waals surface area contributed by atoms with Gasteiger partial charge in [0.15, 0.2) is 0 Å². The lowest BCUT2D eigenvalue weighted by molar-refractivity contribution is -0.0287. The van der Waals surface area contributed by atoms with E-state index in [9.17, 15) is 0 Å². The van der Waals surface area contributed by atoms with Crippen LogP contribution in [0.1, 0.15) is 194 Å². The molecule has 0 aliphatic rings. The number of unbranched alkanes of at least 4 members (excludes halogenated alkanes) is 24. The van der Waals surface area contributed by atoms with Crippen molar-refractivity contribution in [2.24, 2.45) is 0 Å². The van der Waals surface area contributed by atoms with Gasteiger partial charge >= 0.3 is 0 Å². The van der Waals surface area contributed by atoms with Gasteiger partial charge in [0.2, 0.25) is 0 Å². The van der Waals surface area contributed by atoms with Gasteiger partial charge in [-0.1, -0.05) is 154 Å². The number of nitrogens with zero attached hydrogens (tertiary/aromatic N) is 1. The van der Waals surface area contributed by atoms with Gasteiger partial charge in [0, 0.05) is 19.8 Å². The summed E-state index contributed by atoms with van der Waals surface area (Å²) < 4.78 is 12.3. The third kappa shape index (κ3) is 41.8. The minimum Gasteiger partial charge on any atom is -0.379 e. The van der Waals surface area contributed by atoms with Gasteiger partial charge in [-0.05, 0) is 78.3 Å². The minimum atomic E-state index is 0. The van der Waals surface area contributed by atoms with Crippen LogP contribution in [0.15, 0.2) is 24.3 Å². The molecule has 45 heavy (non-hydrogen) atoms. The Balaban J connectivity index is 0. The highest BCUT2D eigenvalue weighted by Gasteiger charge is 2.10. The Labute approximate surface area is 294 Å². The van der Waals surface area contributed by atoms with Gasteiger partial charge in [-0.25, -0.2) is 0 Å². The fraction of sp³-hybridized carbons (Fsp3) is 0.902. The number of hydrogen-bond acceptors (Lipinski definition) is 3. The number of halogens is 1. The van der Waals surface area contributed by atoms with Gasteiger partial charge in [-0.2, -0.15) is 0 Å². The van der Waals surface area contributed by atoms with Crippen LogP contribution in [0.25, 0.3) is 0 Å². The summed E-state index contributed by atoms with van der Waals surface area (Å²) >= 11 is 0. The lowest BCUT2D eigenvalue weighted by Gasteiger charge is -2.21. The van der Waals surface area contributed by atoms with Crippen molar-refractivity contribution in [2.75, 3.05) is 40.5 Å². The Morgan fingerprint density at radius 3 is 1.16 bits per heavy atom. The first-order valence-electron chi connectivity index (χ1n) is 19.8. The standard InChI is InChI=1S/C41H81NO2.BrH/c1-5-7-9-11-13-15-17-19-21-23-25-27-29-31-33-35-37-43-40-41(39-42(3)4)44-38-36-34-32-30-28-26-24-22-20-18-16-14-12-10-8-6-2;/h19-22,41H,5-18,23-40H2,1-4H3;1H/b21-19-,22-20-;. The molecule has 0 amide bonds. The van der Waals surface area contributed by atoms with Gasteiger partial charge < -0.3 is 14.4 Å². The first-order chi connectivity index (χ1) is 21.7. The van der Waals surface area contributed by atoms with Gasteiger partial charge in [-0.3, -0.25) is 0 Å². The molecule has 3 nitrogen and oxygen atoms in total. The molecule has 1 atom stereocenters. The van der Waals surface area contributed by atoms with Gasteiger partial charge in [0.05, 0.1) is 12.7 Å². The van der Waals surface area contributed by atoms with Crippen molar-refractivity contribution in [3.05, 3.63) is 24.3 Å². The van der Waals surface area contributed by atoms with E-state index in [0.29, 0.717) is 0 Å². The van der Waals surface area contributed by atoms with Crippen LogP contribution in [0.5, 0.6) is 0 Å². The fourth-order valence-corrected chi connectivity index (χ4v) is 5.83. The van der Waals surface area contributed by atoms with Crippen LogP contribution in [0.4, 0.5) is 0 Å². The average molecular weight is 701 g/mol. The maximum Gasteiger partial charge on any atom is 0.0934 e. The highest BCUT2D eigenvalue weighted by Crippen LogP contribution is 2.12. The molecule has 0 saturated carbocycles. The molecule has 0 heterocycles. The van der Waals surface area contributed by atoms with Gasteiger partial charge in [-0.15, -0.1) is 17.0 Å². The third-order valence-corrected chi connectivity index (χ3v) is 8.68. The second kappa shape index (κ2) is 41.9. The summed E-state index contributed by atoms with van der Waals surface area (Å²) in [5.41, 5.74) is 0. The first-order valence-corrected chi connectivity index (χ1v) is 19.8. The SMILES string of the molecule is Br.CCCCCCCC/C=C\CCCCCCCCOCC(CN(C)C)OCCCCCCCC/C=C\CCCCCCCC. The molecule has 0 rings (SSSR count). The quantitative estimate of drug-likeness (QED) is 0.0476. The third-order valence-electron chi connectivity index (χ3n) is 8.68. The lowest BCUT2D eigenvalue weighted by Crippen LogP contribution is -2.32. The highest BCUT2D eigenvalue weighted by atomic mass is 79.9. The fourth-order valence-electron chi connectivity index (χ4n) is 5.83. The van der Waals surface area contributed by atoms with Crippen LogP contribution in [0.3, 0.4) is 0 Å². The normalized spacial score (nSPS) is 12.6. The Hall–Kier alpha value is -0.160. The number of rotatable bonds is 37. The molecule has 1 unspecified atom stereocenters. The van der Waals surface area contributed by atoms with Gasteiger partial charge in [0.25, 0.3) is 0 Å². The van der Waals surface area contributed by atoms with Crippen LogP contribution in [0.2, 0.25) is 0 Å². The lowest BCUT2D eigenvalue weighted by atomic mass is 10.1. The summed E-state index contributed by atoms with van der Waals surface area (Å²) in [7, 11) is 4.26. The van der Waals surface area contributed by atoms with Crippen LogP contribution in [-0.4, -0.2) is 51.5 Å². The zero-order valence-electron chi connectivity index (χ0n) is 31.2. The zero-order valence-corrected chi connectivity index (χ0v) is 32.9. The second-order valence-corrected chi connectivity index (χ2v) is 13.7. The van der Waals surface area contributed by atoms with E-state index >= 15 is 0 Å². The zero-order chi connectivity index (χ0) is 32.0. The number of likely N-dealkylation sites (N-methyl/N-ethyl adjacent to an activating group) is 1. The molecule has 0 N–H and O–H groups in total. The van der Waals surface area contributed by atoms with E-state index in [1.807, 2.05) is 0 Å². The summed E-state index contributed by atoms with van der Waals surface area (Å²) in [6, 6.07) is 0. The minimum absolute atomic E-state index is 0. The molecule has 270 valence electrons. The molecule has 0 bridgehead atoms. The topological polar surface area (TPSA) is 21.7 Å². The van der Waals surface area contributed by atoms with Crippen molar-refractivity contribution >= 4 is 17.0 Å². The van der Waals surface area contributed by atoms with E-state index in [0.717, 1.165) is 26.4 Å². The smallest absolute Gasteiger partial charge is 0.0934 e. The average Bonchev–Trinajstić information content (AvgIpc) is 3.01. The van der Waals surface area contributed by atoms with Crippen molar-refractivity contribution in [1.29, 1.82) is 0 Å². The van der Waals surface area contributed by atoms with Crippen LogP contribution in [-0.2, 0) is 9.47 Å².